The summed E-state index contributed by atoms with van der Waals surface area (Å²) in [5.74, 6) is 0. The number of hydrogen-bond donors (Lipinski definition) is 1. The van der Waals surface area contributed by atoms with E-state index < -0.39 is 0 Å². The van der Waals surface area contributed by atoms with Crippen molar-refractivity contribution in [2.45, 2.75) is 6.54 Å². The van der Waals surface area contributed by atoms with Gasteiger partial charge >= 0.3 is 0 Å². The van der Waals surface area contributed by atoms with Crippen LogP contribution in [-0.4, -0.2) is 9.55 Å². The third-order valence-corrected chi connectivity index (χ3v) is 3.63. The fourth-order valence-electron chi connectivity index (χ4n) is 1.86. The number of hydrogen-bond acceptors (Lipinski definition) is 2. The lowest BCUT2D eigenvalue weighted by Crippen LogP contribution is -2.32. The first-order valence-electron chi connectivity index (χ1n) is 4.91. The third kappa shape index (κ3) is 1.45. The first-order chi connectivity index (χ1) is 8.08. The van der Waals surface area contributed by atoms with Crippen molar-refractivity contribution in [3.05, 3.63) is 49.1 Å². The van der Waals surface area contributed by atoms with E-state index in [9.17, 15) is 4.79 Å². The van der Waals surface area contributed by atoms with Crippen molar-refractivity contribution in [1.29, 1.82) is 0 Å². The van der Waals surface area contributed by atoms with Crippen molar-refractivity contribution >= 4 is 35.5 Å². The second kappa shape index (κ2) is 3.48. The molecule has 0 fully saturated rings. The van der Waals surface area contributed by atoms with Gasteiger partial charge in [-0.3, -0.25) is 9.78 Å². The normalized spacial score (nSPS) is 12.8. The number of rotatable bonds is 0. The molecule has 1 aliphatic heterocycles. The fourth-order valence-corrected chi connectivity index (χ4v) is 2.26. The van der Waals surface area contributed by atoms with Crippen LogP contribution in [0.15, 0.2) is 21.9 Å². The number of nitrogens with one attached hydrogen (secondary N) is 1. The van der Waals surface area contributed by atoms with Gasteiger partial charge in [0.15, 0.2) is 0 Å². The molecular weight excluding hydrogens is 261 g/mol. The van der Waals surface area contributed by atoms with Crippen molar-refractivity contribution in [3.8, 4) is 0 Å². The quantitative estimate of drug-likeness (QED) is 0.654. The van der Waals surface area contributed by atoms with E-state index in [1.807, 2.05) is 0 Å². The van der Waals surface area contributed by atoms with Gasteiger partial charge in [-0.2, -0.15) is 0 Å². The Hall–Kier alpha value is -1.52. The zero-order chi connectivity index (χ0) is 12.2. The third-order valence-electron chi connectivity index (χ3n) is 2.78. The number of fused-ring (bicyclic) bond motifs is 2. The Morgan fingerprint density at radius 1 is 1.41 bits per heavy atom. The topological polar surface area (TPSA) is 50.1 Å². The fraction of sp³-hybridized carbons (Fsp3) is 0.0909. The van der Waals surface area contributed by atoms with Gasteiger partial charge in [0.2, 0.25) is 5.62 Å². The highest BCUT2D eigenvalue weighted by Crippen LogP contribution is 2.34. The molecule has 0 unspecified atom stereocenters. The summed E-state index contributed by atoms with van der Waals surface area (Å²) in [6.45, 7) is 4.15. The Morgan fingerprint density at radius 2 is 2.18 bits per heavy atom. The molecule has 1 N–H and O–H groups in total. The van der Waals surface area contributed by atoms with Crippen LogP contribution >= 0.6 is 23.2 Å². The number of imidazole rings is 1. The van der Waals surface area contributed by atoms with Crippen LogP contribution in [0, 0.1) is 0 Å². The van der Waals surface area contributed by atoms with E-state index in [-0.39, 0.29) is 5.56 Å². The highest BCUT2D eigenvalue weighted by molar-refractivity contribution is 6.42. The Kier molecular flexibility index (Phi) is 2.18. The van der Waals surface area contributed by atoms with Crippen LogP contribution < -0.4 is 16.5 Å². The molecule has 4 nitrogen and oxygen atoms in total. The number of aromatic amines is 1. The molecule has 0 radical (unpaired) electrons. The number of nitrogens with zero attached hydrogens (tertiary/aromatic N) is 2. The summed E-state index contributed by atoms with van der Waals surface area (Å²) in [6.07, 6.45) is 0. The molecule has 1 aromatic heterocycles. The standard InChI is InChI=1S/C11H7Cl2N3O/c1-5-10(17)15-11-14-8-3-2-7(12)9(13)6(8)4-16(5)11/h2-3H,1,4H2,(H,14,15,17). The van der Waals surface area contributed by atoms with Crippen molar-refractivity contribution in [1.82, 2.24) is 9.55 Å². The summed E-state index contributed by atoms with van der Waals surface area (Å²) >= 11 is 12.1. The van der Waals surface area contributed by atoms with Crippen LogP contribution in [-0.2, 0) is 6.54 Å². The molecule has 0 atom stereocenters. The van der Waals surface area contributed by atoms with E-state index in [4.69, 9.17) is 23.2 Å². The Morgan fingerprint density at radius 3 is 2.94 bits per heavy atom. The lowest BCUT2D eigenvalue weighted by Gasteiger charge is -2.14. The Bertz CT molecular complexity index is 788. The predicted octanol–water partition coefficient (Wildman–Crippen LogP) is 1.21. The molecule has 1 aromatic carbocycles. The van der Waals surface area contributed by atoms with Crippen LogP contribution in [0.3, 0.4) is 0 Å². The molecule has 0 spiro atoms. The first-order valence-corrected chi connectivity index (χ1v) is 5.67. The summed E-state index contributed by atoms with van der Waals surface area (Å²) in [6, 6.07) is 3.47. The summed E-state index contributed by atoms with van der Waals surface area (Å²) < 4.78 is 1.69. The van der Waals surface area contributed by atoms with E-state index in [0.717, 1.165) is 11.3 Å². The summed E-state index contributed by atoms with van der Waals surface area (Å²) in [5.41, 5.74) is 1.78. The average Bonchev–Trinajstić information content (AvgIpc) is 2.58. The molecule has 0 saturated carbocycles. The van der Waals surface area contributed by atoms with Crippen LogP contribution in [0.1, 0.15) is 5.56 Å². The molecule has 0 saturated heterocycles. The minimum absolute atomic E-state index is 0.237. The minimum atomic E-state index is -0.237. The van der Waals surface area contributed by atoms with Crippen molar-refractivity contribution < 1.29 is 0 Å². The summed E-state index contributed by atoms with van der Waals surface area (Å²) in [5, 5.41) is 1.32. The molecule has 86 valence electrons. The predicted molar refractivity (Wildman–Crippen MR) is 66.6 cm³/mol. The molecule has 2 aromatic rings. The molecule has 2 heterocycles. The van der Waals surface area contributed by atoms with Crippen LogP contribution in [0.5, 0.6) is 0 Å². The highest BCUT2D eigenvalue weighted by atomic mass is 35.5. The lowest BCUT2D eigenvalue weighted by molar-refractivity contribution is 0.705. The average molecular weight is 268 g/mol. The van der Waals surface area contributed by atoms with Crippen molar-refractivity contribution in [3.63, 3.8) is 0 Å². The second-order valence-electron chi connectivity index (χ2n) is 3.78. The molecule has 0 amide bonds. The largest absolute Gasteiger partial charge is 0.303 e. The zero-order valence-electron chi connectivity index (χ0n) is 8.63. The van der Waals surface area contributed by atoms with Gasteiger partial charge in [-0.25, -0.2) is 4.99 Å². The lowest BCUT2D eigenvalue weighted by atomic mass is 10.1. The molecule has 0 aliphatic carbocycles. The number of benzene rings is 1. The van der Waals surface area contributed by atoms with Crippen molar-refractivity contribution in [2.24, 2.45) is 4.99 Å². The maximum atomic E-state index is 11.5. The van der Waals surface area contributed by atoms with E-state index >= 15 is 0 Å². The van der Waals surface area contributed by atoms with Crippen LogP contribution in [0.4, 0.5) is 5.69 Å². The van der Waals surface area contributed by atoms with E-state index in [1.165, 1.54) is 0 Å². The number of aromatic nitrogens is 2. The van der Waals surface area contributed by atoms with E-state index in [1.54, 1.807) is 16.7 Å². The van der Waals surface area contributed by atoms with Crippen LogP contribution in [0.2, 0.25) is 10.0 Å². The maximum Gasteiger partial charge on any atom is 0.274 e. The van der Waals surface area contributed by atoms with Gasteiger partial charge in [0.1, 0.15) is 5.35 Å². The van der Waals surface area contributed by atoms with Gasteiger partial charge in [-0.05, 0) is 12.1 Å². The monoisotopic (exact) mass is 267 g/mol. The van der Waals surface area contributed by atoms with Gasteiger partial charge in [0, 0.05) is 5.56 Å². The summed E-state index contributed by atoms with van der Waals surface area (Å²) in [7, 11) is 0. The van der Waals surface area contributed by atoms with Gasteiger partial charge in [-0.1, -0.05) is 29.8 Å². The Labute approximate surface area is 106 Å². The highest BCUT2D eigenvalue weighted by Gasteiger charge is 2.17. The van der Waals surface area contributed by atoms with E-state index in [2.05, 4.69) is 16.6 Å². The first kappa shape index (κ1) is 10.6. The molecule has 6 heteroatoms. The van der Waals surface area contributed by atoms with Crippen molar-refractivity contribution in [2.75, 3.05) is 0 Å². The van der Waals surface area contributed by atoms with E-state index in [0.29, 0.717) is 27.6 Å². The Balaban J connectivity index is 2.39. The van der Waals surface area contributed by atoms with Gasteiger partial charge < -0.3 is 4.57 Å². The molecular formula is C11H7Cl2N3O. The van der Waals surface area contributed by atoms with Gasteiger partial charge in [0.05, 0.1) is 22.3 Å². The molecule has 1 aliphatic rings. The van der Waals surface area contributed by atoms with Gasteiger partial charge in [-0.15, -0.1) is 0 Å². The maximum absolute atomic E-state index is 11.5. The summed E-state index contributed by atoms with van der Waals surface area (Å²) in [4.78, 5) is 18.4. The number of halogens is 2. The SMILES string of the molecule is C=c1c(=O)[nH]c2n1Cc1c(ccc(Cl)c1Cl)N=2. The minimum Gasteiger partial charge on any atom is -0.303 e. The second-order valence-corrected chi connectivity index (χ2v) is 4.57. The molecule has 17 heavy (non-hydrogen) atoms. The molecule has 0 bridgehead atoms. The smallest absolute Gasteiger partial charge is 0.274 e. The number of H-pyrrole nitrogens is 1. The molecule has 3 rings (SSSR count). The van der Waals surface area contributed by atoms with Crippen LogP contribution in [0.25, 0.3) is 6.58 Å². The zero-order valence-corrected chi connectivity index (χ0v) is 10.1. The van der Waals surface area contributed by atoms with Gasteiger partial charge in [0.25, 0.3) is 5.56 Å².